The second-order valence-electron chi connectivity index (χ2n) is 5.04. The number of carboxylic acid groups (broad SMARTS) is 1. The van der Waals surface area contributed by atoms with Crippen molar-refractivity contribution < 1.29 is 9.90 Å². The summed E-state index contributed by atoms with van der Waals surface area (Å²) in [7, 11) is 0. The summed E-state index contributed by atoms with van der Waals surface area (Å²) in [5.41, 5.74) is 0. The zero-order valence-corrected chi connectivity index (χ0v) is 10.7. The molecular formula is C12H21NO2S. The third-order valence-corrected chi connectivity index (χ3v) is 5.39. The molecule has 0 amide bonds. The van der Waals surface area contributed by atoms with Crippen LogP contribution in [0.25, 0.3) is 0 Å². The minimum absolute atomic E-state index is 0.0697. The third-order valence-electron chi connectivity index (χ3n) is 3.91. The monoisotopic (exact) mass is 243 g/mol. The molecule has 0 bridgehead atoms. The summed E-state index contributed by atoms with van der Waals surface area (Å²) in [6.45, 7) is 2.24. The maximum absolute atomic E-state index is 11.1. The van der Waals surface area contributed by atoms with Crippen LogP contribution >= 0.6 is 11.8 Å². The van der Waals surface area contributed by atoms with E-state index in [0.29, 0.717) is 0 Å². The van der Waals surface area contributed by atoms with Gasteiger partial charge >= 0.3 is 5.97 Å². The number of carboxylic acids is 1. The Morgan fingerprint density at radius 3 is 3.06 bits per heavy atom. The molecule has 2 aliphatic rings. The molecule has 1 heterocycles. The summed E-state index contributed by atoms with van der Waals surface area (Å²) in [4.78, 5) is 11.1. The van der Waals surface area contributed by atoms with E-state index in [1.165, 1.54) is 19.3 Å². The zero-order chi connectivity index (χ0) is 11.6. The molecular weight excluding hydrogens is 222 g/mol. The first-order chi connectivity index (χ1) is 7.65. The lowest BCUT2D eigenvalue weighted by Crippen LogP contribution is -2.56. The van der Waals surface area contributed by atoms with Gasteiger partial charge < -0.3 is 5.11 Å². The quantitative estimate of drug-likeness (QED) is 0.782. The minimum atomic E-state index is -0.682. The average molecular weight is 243 g/mol. The first-order valence-corrected chi connectivity index (χ1v) is 7.28. The van der Waals surface area contributed by atoms with Crippen LogP contribution in [0.4, 0.5) is 0 Å². The van der Waals surface area contributed by atoms with Crippen molar-refractivity contribution in [3.63, 3.8) is 0 Å². The van der Waals surface area contributed by atoms with Crippen LogP contribution < -0.4 is 5.32 Å². The predicted octanol–water partition coefficient (Wildman–Crippen LogP) is 2.46. The van der Waals surface area contributed by atoms with Crippen molar-refractivity contribution in [2.75, 3.05) is 5.75 Å². The normalized spacial score (nSPS) is 39.8. The molecule has 0 aromatic carbocycles. The van der Waals surface area contributed by atoms with E-state index in [0.717, 1.165) is 30.9 Å². The van der Waals surface area contributed by atoms with Crippen molar-refractivity contribution in [1.29, 1.82) is 0 Å². The summed E-state index contributed by atoms with van der Waals surface area (Å²) in [6.07, 6.45) is 6.83. The molecule has 0 aromatic rings. The number of hydrogen-bond donors (Lipinski definition) is 2. The molecule has 3 atom stereocenters. The number of aliphatic carboxylic acids is 1. The highest BCUT2D eigenvalue weighted by Crippen LogP contribution is 2.44. The molecule has 2 N–H and O–H groups in total. The SMILES string of the molecule is CCC1CCCC2(C1)NC(C(=O)O)CCS2. The summed E-state index contributed by atoms with van der Waals surface area (Å²) in [5, 5.41) is 12.5. The molecule has 1 spiro atoms. The summed E-state index contributed by atoms with van der Waals surface area (Å²) >= 11 is 1.95. The van der Waals surface area contributed by atoms with Crippen molar-refractivity contribution in [3.05, 3.63) is 0 Å². The number of carbonyl (C=O) groups is 1. The van der Waals surface area contributed by atoms with Crippen molar-refractivity contribution in [2.24, 2.45) is 5.92 Å². The Bertz CT molecular complexity index is 268. The number of rotatable bonds is 2. The van der Waals surface area contributed by atoms with Crippen LogP contribution in [0.3, 0.4) is 0 Å². The van der Waals surface area contributed by atoms with Gasteiger partial charge in [0.2, 0.25) is 0 Å². The highest BCUT2D eigenvalue weighted by atomic mass is 32.2. The third kappa shape index (κ3) is 2.54. The lowest BCUT2D eigenvalue weighted by Gasteiger charge is -2.45. The second-order valence-corrected chi connectivity index (χ2v) is 6.52. The molecule has 1 aliphatic carbocycles. The molecule has 92 valence electrons. The fraction of sp³-hybridized carbons (Fsp3) is 0.917. The van der Waals surface area contributed by atoms with Gasteiger partial charge in [0.05, 0.1) is 4.87 Å². The van der Waals surface area contributed by atoms with Crippen molar-refractivity contribution in [1.82, 2.24) is 5.32 Å². The van der Waals surface area contributed by atoms with Crippen LogP contribution in [0, 0.1) is 5.92 Å². The molecule has 3 nitrogen and oxygen atoms in total. The largest absolute Gasteiger partial charge is 0.480 e. The molecule has 3 unspecified atom stereocenters. The Kier molecular flexibility index (Phi) is 3.80. The van der Waals surface area contributed by atoms with E-state index in [1.807, 2.05) is 11.8 Å². The van der Waals surface area contributed by atoms with Gasteiger partial charge in [-0.05, 0) is 30.9 Å². The van der Waals surface area contributed by atoms with E-state index < -0.39 is 5.97 Å². The van der Waals surface area contributed by atoms with Gasteiger partial charge in [-0.25, -0.2) is 0 Å². The van der Waals surface area contributed by atoms with Gasteiger partial charge in [-0.15, -0.1) is 11.8 Å². The van der Waals surface area contributed by atoms with E-state index in [-0.39, 0.29) is 10.9 Å². The van der Waals surface area contributed by atoms with Crippen LogP contribution in [0.15, 0.2) is 0 Å². The van der Waals surface area contributed by atoms with Gasteiger partial charge in [0, 0.05) is 0 Å². The van der Waals surface area contributed by atoms with E-state index in [4.69, 9.17) is 5.11 Å². The van der Waals surface area contributed by atoms with Gasteiger partial charge in [0.1, 0.15) is 6.04 Å². The second kappa shape index (κ2) is 4.96. The maximum atomic E-state index is 11.1. The van der Waals surface area contributed by atoms with E-state index in [2.05, 4.69) is 12.2 Å². The van der Waals surface area contributed by atoms with Crippen LogP contribution in [0.2, 0.25) is 0 Å². The van der Waals surface area contributed by atoms with Crippen LogP contribution in [-0.2, 0) is 4.79 Å². The Morgan fingerprint density at radius 1 is 1.56 bits per heavy atom. The van der Waals surface area contributed by atoms with Crippen molar-refractivity contribution in [3.8, 4) is 0 Å². The number of nitrogens with one attached hydrogen (secondary N) is 1. The van der Waals surface area contributed by atoms with E-state index in [1.54, 1.807) is 0 Å². The summed E-state index contributed by atoms with van der Waals surface area (Å²) in [5.74, 6) is 1.08. The fourth-order valence-corrected chi connectivity index (χ4v) is 4.56. The zero-order valence-electron chi connectivity index (χ0n) is 9.87. The fourth-order valence-electron chi connectivity index (χ4n) is 2.95. The Balaban J connectivity index is 2.03. The van der Waals surface area contributed by atoms with Gasteiger partial charge in [-0.2, -0.15) is 0 Å². The first kappa shape index (κ1) is 12.2. The highest BCUT2D eigenvalue weighted by molar-refractivity contribution is 8.00. The molecule has 0 radical (unpaired) electrons. The Labute approximate surface area is 101 Å². The van der Waals surface area contributed by atoms with Crippen molar-refractivity contribution in [2.45, 2.75) is 56.4 Å². The molecule has 0 aromatic heterocycles. The van der Waals surface area contributed by atoms with Crippen molar-refractivity contribution >= 4 is 17.7 Å². The van der Waals surface area contributed by atoms with Gasteiger partial charge in [-0.1, -0.05) is 26.2 Å². The molecule has 1 saturated heterocycles. The Morgan fingerprint density at radius 2 is 2.38 bits per heavy atom. The van der Waals surface area contributed by atoms with Crippen LogP contribution in [-0.4, -0.2) is 27.7 Å². The molecule has 2 rings (SSSR count). The number of hydrogen-bond acceptors (Lipinski definition) is 3. The van der Waals surface area contributed by atoms with Gasteiger partial charge in [-0.3, -0.25) is 10.1 Å². The molecule has 1 aliphatic heterocycles. The summed E-state index contributed by atoms with van der Waals surface area (Å²) in [6, 6.07) is -0.322. The van der Waals surface area contributed by atoms with E-state index in [9.17, 15) is 4.79 Å². The lowest BCUT2D eigenvalue weighted by molar-refractivity contribution is -0.140. The first-order valence-electron chi connectivity index (χ1n) is 6.30. The number of thioether (sulfide) groups is 1. The van der Waals surface area contributed by atoms with Gasteiger partial charge in [0.25, 0.3) is 0 Å². The molecule has 16 heavy (non-hydrogen) atoms. The smallest absolute Gasteiger partial charge is 0.320 e. The van der Waals surface area contributed by atoms with E-state index >= 15 is 0 Å². The van der Waals surface area contributed by atoms with Gasteiger partial charge in [0.15, 0.2) is 0 Å². The standard InChI is InChI=1S/C12H21NO2S/c1-2-9-4-3-6-12(8-9)13-10(11(14)15)5-7-16-12/h9-10,13H,2-8H2,1H3,(H,14,15). The van der Waals surface area contributed by atoms with Crippen LogP contribution in [0.5, 0.6) is 0 Å². The minimum Gasteiger partial charge on any atom is -0.480 e. The molecule has 1 saturated carbocycles. The topological polar surface area (TPSA) is 49.3 Å². The predicted molar refractivity (Wildman–Crippen MR) is 66.6 cm³/mol. The molecule has 4 heteroatoms. The Hall–Kier alpha value is -0.220. The van der Waals surface area contributed by atoms with Crippen LogP contribution in [0.1, 0.15) is 45.4 Å². The lowest BCUT2D eigenvalue weighted by atomic mass is 9.83. The maximum Gasteiger partial charge on any atom is 0.320 e. The summed E-state index contributed by atoms with van der Waals surface area (Å²) < 4.78 is 0. The highest BCUT2D eigenvalue weighted by Gasteiger charge is 2.41. The molecule has 2 fully saturated rings. The average Bonchev–Trinajstić information content (AvgIpc) is 2.29.